The average Bonchev–Trinajstić information content (AvgIpc) is 3.14. The van der Waals surface area contributed by atoms with E-state index in [1.807, 2.05) is 41.3 Å². The quantitative estimate of drug-likeness (QED) is 0.146. The number of nitrogens with zero attached hydrogens (tertiary/aromatic N) is 1. The van der Waals surface area contributed by atoms with Crippen LogP contribution in [0.25, 0.3) is 5.57 Å². The highest BCUT2D eigenvalue weighted by Gasteiger charge is 2.34. The topological polar surface area (TPSA) is 123 Å². The van der Waals surface area contributed by atoms with Crippen molar-refractivity contribution < 1.29 is 47.5 Å². The van der Waals surface area contributed by atoms with Crippen LogP contribution in [-0.4, -0.2) is 60.3 Å². The predicted octanol–water partition coefficient (Wildman–Crippen LogP) is 7.61. The second-order valence-electron chi connectivity index (χ2n) is 12.7. The van der Waals surface area contributed by atoms with Crippen molar-refractivity contribution in [3.63, 3.8) is 0 Å². The van der Waals surface area contributed by atoms with E-state index < -0.39 is 17.7 Å². The number of methoxy groups -OCH3 is 6. The Morgan fingerprint density at radius 3 is 2.00 bits per heavy atom. The fourth-order valence-electron chi connectivity index (χ4n) is 5.87. The van der Waals surface area contributed by atoms with Crippen LogP contribution >= 0.6 is 0 Å². The van der Waals surface area contributed by atoms with Crippen LogP contribution in [0.3, 0.4) is 0 Å². The minimum absolute atomic E-state index is 0.254. The summed E-state index contributed by atoms with van der Waals surface area (Å²) in [5.74, 6) is 2.30. The first-order valence-corrected chi connectivity index (χ1v) is 16.4. The first-order chi connectivity index (χ1) is 24.9. The number of ether oxygens (including phenoxy) is 8. The summed E-state index contributed by atoms with van der Waals surface area (Å²) in [4.78, 5) is 28.2. The van der Waals surface area contributed by atoms with E-state index in [4.69, 9.17) is 37.9 Å². The zero-order chi connectivity index (χ0) is 37.6. The maximum atomic E-state index is 13.9. The van der Waals surface area contributed by atoms with Crippen LogP contribution in [0.1, 0.15) is 43.0 Å². The third-order valence-electron chi connectivity index (χ3n) is 8.18. The van der Waals surface area contributed by atoms with Gasteiger partial charge >= 0.3 is 12.1 Å². The summed E-state index contributed by atoms with van der Waals surface area (Å²) in [7, 11) is 9.09. The van der Waals surface area contributed by atoms with Gasteiger partial charge in [0.15, 0.2) is 23.0 Å². The molecule has 0 saturated heterocycles. The number of rotatable bonds is 12. The first-order valence-electron chi connectivity index (χ1n) is 16.4. The number of nitrogens with one attached hydrogen (secondary N) is 1. The van der Waals surface area contributed by atoms with Crippen molar-refractivity contribution in [2.45, 2.75) is 39.5 Å². The maximum absolute atomic E-state index is 13.9. The summed E-state index contributed by atoms with van der Waals surface area (Å²) in [6.07, 6.45) is -0.581. The van der Waals surface area contributed by atoms with Gasteiger partial charge in [-0.2, -0.15) is 0 Å². The number of fused-ring (bicyclic) bond motifs is 1. The van der Waals surface area contributed by atoms with E-state index in [1.54, 1.807) is 71.4 Å². The van der Waals surface area contributed by atoms with Crippen molar-refractivity contribution in [3.05, 3.63) is 101 Å². The molecule has 0 atom stereocenters. The average molecular weight is 713 g/mol. The third kappa shape index (κ3) is 8.12. The van der Waals surface area contributed by atoms with E-state index in [0.717, 1.165) is 16.9 Å². The zero-order valence-electron chi connectivity index (χ0n) is 30.9. The van der Waals surface area contributed by atoms with Crippen molar-refractivity contribution >= 4 is 29.0 Å². The van der Waals surface area contributed by atoms with Gasteiger partial charge in [0, 0.05) is 23.5 Å². The Balaban J connectivity index is 1.68. The van der Waals surface area contributed by atoms with Crippen molar-refractivity contribution in [1.82, 2.24) is 0 Å². The smallest absolute Gasteiger partial charge is 0.412 e. The van der Waals surface area contributed by atoms with Gasteiger partial charge in [0.25, 0.3) is 0 Å². The molecule has 1 aliphatic rings. The fourth-order valence-corrected chi connectivity index (χ4v) is 5.87. The molecule has 1 amide bonds. The van der Waals surface area contributed by atoms with Crippen LogP contribution < -0.4 is 38.6 Å². The molecule has 5 rings (SSSR count). The highest BCUT2D eigenvalue weighted by atomic mass is 16.6. The molecule has 0 spiro atoms. The van der Waals surface area contributed by atoms with Crippen LogP contribution in [-0.2, 0) is 27.4 Å². The molecule has 12 nitrogen and oxygen atoms in total. The molecular formula is C40H44N2O10. The number of anilines is 2. The number of benzene rings is 4. The van der Waals surface area contributed by atoms with E-state index in [0.29, 0.717) is 56.8 Å². The summed E-state index contributed by atoms with van der Waals surface area (Å²) in [6.45, 7) is 5.89. The number of carbonyl (C=O) groups is 2. The van der Waals surface area contributed by atoms with E-state index in [9.17, 15) is 9.59 Å². The van der Waals surface area contributed by atoms with Gasteiger partial charge in [-0.05, 0) is 104 Å². The summed E-state index contributed by atoms with van der Waals surface area (Å²) < 4.78 is 45.4. The lowest BCUT2D eigenvalue weighted by Gasteiger charge is -2.35. The Morgan fingerprint density at radius 1 is 0.750 bits per heavy atom. The van der Waals surface area contributed by atoms with Crippen LogP contribution in [0, 0.1) is 0 Å². The molecule has 0 unspecified atom stereocenters. The molecule has 1 N–H and O–H groups in total. The maximum Gasteiger partial charge on any atom is 0.412 e. The van der Waals surface area contributed by atoms with Gasteiger partial charge < -0.3 is 42.8 Å². The summed E-state index contributed by atoms with van der Waals surface area (Å²) in [5, 5.41) is 2.75. The molecule has 4 aromatic rings. The molecule has 1 heterocycles. The van der Waals surface area contributed by atoms with Crippen molar-refractivity contribution in [2.24, 2.45) is 0 Å². The molecule has 52 heavy (non-hydrogen) atoms. The molecule has 0 saturated carbocycles. The van der Waals surface area contributed by atoms with Gasteiger partial charge in [0.1, 0.15) is 23.7 Å². The minimum atomic E-state index is -0.659. The Labute approximate surface area is 303 Å². The normalized spacial score (nSPS) is 12.4. The highest BCUT2D eigenvalue weighted by molar-refractivity contribution is 6.07. The fraction of sp³-hybridized carbons (Fsp3) is 0.300. The summed E-state index contributed by atoms with van der Waals surface area (Å²) >= 11 is 0. The Hall–Kier alpha value is -6.04. The van der Waals surface area contributed by atoms with Gasteiger partial charge in [0.05, 0.1) is 42.7 Å². The Bertz CT molecular complexity index is 1940. The van der Waals surface area contributed by atoms with Gasteiger partial charge in [-0.25, -0.2) is 9.59 Å². The molecule has 12 heteroatoms. The predicted molar refractivity (Wildman–Crippen MR) is 197 cm³/mol. The molecule has 0 aromatic heterocycles. The lowest BCUT2D eigenvalue weighted by Crippen LogP contribution is -2.33. The van der Waals surface area contributed by atoms with Crippen LogP contribution in [0.15, 0.2) is 78.5 Å². The molecule has 1 aliphatic heterocycles. The third-order valence-corrected chi connectivity index (χ3v) is 8.18. The molecule has 0 bridgehead atoms. The standard InChI is InChI=1S/C40H44N2O10/c1-40(2,3)52-39(44)41-27-13-15-28(16-14-27)42-22-26-20-32(51-23-24-11-10-12-29(17-24)45-4)31(46-5)21-30(26)35(36(42)38(43)50-9)25-18-33(47-6)37(49-8)34(19-25)48-7/h10-21H,22-23H2,1-9H3,(H,41,44). The first kappa shape index (κ1) is 37.2. The lowest BCUT2D eigenvalue weighted by molar-refractivity contribution is -0.136. The lowest BCUT2D eigenvalue weighted by atomic mass is 9.87. The van der Waals surface area contributed by atoms with Gasteiger partial charge in [-0.15, -0.1) is 0 Å². The van der Waals surface area contributed by atoms with Crippen LogP contribution in [0.4, 0.5) is 16.2 Å². The highest BCUT2D eigenvalue weighted by Crippen LogP contribution is 2.47. The molecule has 274 valence electrons. The van der Waals surface area contributed by atoms with Crippen LogP contribution in [0.5, 0.6) is 34.5 Å². The number of esters is 1. The summed E-state index contributed by atoms with van der Waals surface area (Å²) in [6, 6.07) is 22.0. The molecule has 4 aromatic carbocycles. The van der Waals surface area contributed by atoms with E-state index >= 15 is 0 Å². The second-order valence-corrected chi connectivity index (χ2v) is 12.7. The van der Waals surface area contributed by atoms with Gasteiger partial charge in [-0.3, -0.25) is 5.32 Å². The number of amides is 1. The van der Waals surface area contributed by atoms with Gasteiger partial charge in [0.2, 0.25) is 5.75 Å². The largest absolute Gasteiger partial charge is 0.497 e. The van der Waals surface area contributed by atoms with E-state index in [1.165, 1.54) is 28.4 Å². The SMILES string of the molecule is COC(=O)C1=C(c2cc(OC)c(OC)c(OC)c2)c2cc(OC)c(OCc3cccc(OC)c3)cc2CN1c1ccc(NC(=O)OC(C)(C)C)cc1. The minimum Gasteiger partial charge on any atom is -0.497 e. The number of hydrogen-bond acceptors (Lipinski definition) is 11. The zero-order valence-corrected chi connectivity index (χ0v) is 30.9. The molecule has 0 fully saturated rings. The Morgan fingerprint density at radius 2 is 1.42 bits per heavy atom. The van der Waals surface area contributed by atoms with Crippen molar-refractivity contribution in [2.75, 3.05) is 52.9 Å². The van der Waals surface area contributed by atoms with Crippen molar-refractivity contribution in [1.29, 1.82) is 0 Å². The summed E-state index contributed by atoms with van der Waals surface area (Å²) in [5.41, 5.74) is 4.33. The monoisotopic (exact) mass is 712 g/mol. The molecule has 0 aliphatic carbocycles. The van der Waals surface area contributed by atoms with Crippen molar-refractivity contribution in [3.8, 4) is 34.5 Å². The van der Waals surface area contributed by atoms with Gasteiger partial charge in [-0.1, -0.05) is 12.1 Å². The number of carbonyl (C=O) groups excluding carboxylic acids is 2. The second kappa shape index (κ2) is 15.9. The van der Waals surface area contributed by atoms with E-state index in [2.05, 4.69) is 5.32 Å². The Kier molecular flexibility index (Phi) is 11.4. The number of hydrogen-bond donors (Lipinski definition) is 1. The van der Waals surface area contributed by atoms with E-state index in [-0.39, 0.29) is 18.8 Å². The van der Waals surface area contributed by atoms with Crippen LogP contribution in [0.2, 0.25) is 0 Å². The molecule has 0 radical (unpaired) electrons. The molecular weight excluding hydrogens is 668 g/mol.